The van der Waals surface area contributed by atoms with Gasteiger partial charge in [0.05, 0.1) is 12.7 Å². The maximum Gasteiger partial charge on any atom is 0.126 e. The highest BCUT2D eigenvalue weighted by Crippen LogP contribution is 2.10. The van der Waals surface area contributed by atoms with Crippen molar-refractivity contribution in [3.05, 3.63) is 83.2 Å². The highest BCUT2D eigenvalue weighted by Gasteiger charge is 2.14. The molecule has 0 spiro atoms. The van der Waals surface area contributed by atoms with Crippen LogP contribution in [0.4, 0.5) is 4.39 Å². The Morgan fingerprint density at radius 1 is 1.17 bits per heavy atom. The number of rotatable bonds is 5. The second-order valence-corrected chi connectivity index (χ2v) is 6.05. The Labute approximate surface area is 144 Å². The number of halogens is 1. The highest BCUT2D eigenvalue weighted by atomic mass is 19.1. The molecule has 2 nitrogen and oxygen atoms in total. The Bertz CT molecular complexity index is 638. The fourth-order valence-corrected chi connectivity index (χ4v) is 2.09. The molecule has 0 aliphatic heterocycles. The average Bonchev–Trinajstić information content (AvgIpc) is 2.57. The topological polar surface area (TPSA) is 29.5 Å². The SMILES string of the molecule is C=C(C)C(O)C(C)OCc1ccccc1.Cc1ccc(F)c(C)c1. The third-order valence-electron chi connectivity index (χ3n) is 3.62. The minimum Gasteiger partial charge on any atom is -0.386 e. The Hall–Kier alpha value is -1.97. The molecule has 3 heteroatoms. The smallest absolute Gasteiger partial charge is 0.126 e. The van der Waals surface area contributed by atoms with Crippen molar-refractivity contribution >= 4 is 0 Å². The molecule has 0 heterocycles. The predicted molar refractivity (Wildman–Crippen MR) is 97.4 cm³/mol. The third kappa shape index (κ3) is 7.07. The van der Waals surface area contributed by atoms with E-state index in [1.165, 1.54) is 6.07 Å². The summed E-state index contributed by atoms with van der Waals surface area (Å²) >= 11 is 0. The molecule has 0 saturated carbocycles. The molecule has 0 aromatic heterocycles. The number of hydrogen-bond acceptors (Lipinski definition) is 2. The van der Waals surface area contributed by atoms with Gasteiger partial charge in [-0.3, -0.25) is 0 Å². The Kier molecular flexibility index (Phi) is 8.37. The van der Waals surface area contributed by atoms with Gasteiger partial charge in [0.25, 0.3) is 0 Å². The van der Waals surface area contributed by atoms with Gasteiger partial charge in [0.1, 0.15) is 11.9 Å². The van der Waals surface area contributed by atoms with E-state index in [4.69, 9.17) is 4.74 Å². The normalized spacial score (nSPS) is 12.8. The number of benzene rings is 2. The largest absolute Gasteiger partial charge is 0.386 e. The molecule has 1 N–H and O–H groups in total. The van der Waals surface area contributed by atoms with Gasteiger partial charge < -0.3 is 9.84 Å². The van der Waals surface area contributed by atoms with Crippen LogP contribution in [-0.2, 0) is 11.3 Å². The summed E-state index contributed by atoms with van der Waals surface area (Å²) in [7, 11) is 0. The average molecular weight is 330 g/mol. The lowest BCUT2D eigenvalue weighted by atomic mass is 10.1. The first kappa shape index (κ1) is 20.1. The van der Waals surface area contributed by atoms with E-state index >= 15 is 0 Å². The lowest BCUT2D eigenvalue weighted by Crippen LogP contribution is -2.26. The molecule has 24 heavy (non-hydrogen) atoms. The summed E-state index contributed by atoms with van der Waals surface area (Å²) < 4.78 is 18.0. The fourth-order valence-electron chi connectivity index (χ4n) is 2.09. The van der Waals surface area contributed by atoms with Gasteiger partial charge in [0.15, 0.2) is 0 Å². The van der Waals surface area contributed by atoms with E-state index in [-0.39, 0.29) is 11.9 Å². The molecule has 0 amide bonds. The van der Waals surface area contributed by atoms with E-state index in [0.29, 0.717) is 6.61 Å². The molecule has 0 fully saturated rings. The van der Waals surface area contributed by atoms with Gasteiger partial charge >= 0.3 is 0 Å². The lowest BCUT2D eigenvalue weighted by molar-refractivity contribution is -0.0195. The van der Waals surface area contributed by atoms with E-state index in [2.05, 4.69) is 6.58 Å². The summed E-state index contributed by atoms with van der Waals surface area (Å²) in [4.78, 5) is 0. The van der Waals surface area contributed by atoms with Crippen molar-refractivity contribution in [2.24, 2.45) is 0 Å². The van der Waals surface area contributed by atoms with E-state index in [9.17, 15) is 9.50 Å². The van der Waals surface area contributed by atoms with Crippen molar-refractivity contribution in [3.8, 4) is 0 Å². The number of aliphatic hydroxyl groups is 1. The maximum atomic E-state index is 12.5. The van der Waals surface area contributed by atoms with E-state index in [0.717, 1.165) is 22.3 Å². The molecular formula is C21H27FO2. The van der Waals surface area contributed by atoms with Crippen molar-refractivity contribution in [2.75, 3.05) is 0 Å². The molecule has 0 bridgehead atoms. The van der Waals surface area contributed by atoms with Crippen LogP contribution < -0.4 is 0 Å². The van der Waals surface area contributed by atoms with Crippen LogP contribution in [0.5, 0.6) is 0 Å². The second kappa shape index (κ2) is 10.0. The first-order valence-electron chi connectivity index (χ1n) is 8.03. The summed E-state index contributed by atoms with van der Waals surface area (Å²) in [5, 5.41) is 9.65. The minimum absolute atomic E-state index is 0.124. The molecule has 0 radical (unpaired) electrons. The predicted octanol–water partition coefficient (Wildman–Crippen LogP) is 4.97. The molecule has 0 aliphatic carbocycles. The van der Waals surface area contributed by atoms with E-state index < -0.39 is 6.10 Å². The highest BCUT2D eigenvalue weighted by molar-refractivity contribution is 5.22. The van der Waals surface area contributed by atoms with E-state index in [1.807, 2.05) is 50.2 Å². The fraction of sp³-hybridized carbons (Fsp3) is 0.333. The zero-order valence-corrected chi connectivity index (χ0v) is 14.9. The molecule has 0 aliphatic rings. The zero-order valence-electron chi connectivity index (χ0n) is 14.9. The van der Waals surface area contributed by atoms with Gasteiger partial charge in [-0.05, 0) is 50.5 Å². The summed E-state index contributed by atoms with van der Waals surface area (Å²) in [5.74, 6) is -0.124. The summed E-state index contributed by atoms with van der Waals surface area (Å²) in [6.07, 6.45) is -0.809. The molecule has 2 atom stereocenters. The standard InChI is InChI=1S/C13H18O2.C8H9F/c1-10(2)13(14)11(3)15-9-12-7-5-4-6-8-12;1-6-3-4-8(9)7(2)5-6/h4-8,11,13-14H,1,9H2,2-3H3;3-5H,1-2H3. The molecule has 2 unspecified atom stereocenters. The van der Waals surface area contributed by atoms with Crippen LogP contribution in [0, 0.1) is 19.7 Å². The van der Waals surface area contributed by atoms with Crippen molar-refractivity contribution < 1.29 is 14.2 Å². The van der Waals surface area contributed by atoms with Crippen LogP contribution in [0.25, 0.3) is 0 Å². The van der Waals surface area contributed by atoms with Crippen LogP contribution in [0.3, 0.4) is 0 Å². The Balaban J connectivity index is 0.000000272. The number of aliphatic hydroxyl groups excluding tert-OH is 1. The molecule has 2 aromatic carbocycles. The van der Waals surface area contributed by atoms with E-state index in [1.54, 1.807) is 19.9 Å². The number of aryl methyl sites for hydroxylation is 2. The van der Waals surface area contributed by atoms with Crippen molar-refractivity contribution in [1.29, 1.82) is 0 Å². The van der Waals surface area contributed by atoms with Gasteiger partial charge in [-0.25, -0.2) is 4.39 Å². The van der Waals surface area contributed by atoms with Crippen LogP contribution in [0.2, 0.25) is 0 Å². The molecule has 2 aromatic rings. The van der Waals surface area contributed by atoms with Crippen LogP contribution >= 0.6 is 0 Å². The molecule has 130 valence electrons. The lowest BCUT2D eigenvalue weighted by Gasteiger charge is -2.19. The first-order valence-corrected chi connectivity index (χ1v) is 8.03. The summed E-state index contributed by atoms with van der Waals surface area (Å²) in [5.41, 5.74) is 3.66. The first-order chi connectivity index (χ1) is 11.3. The molecular weight excluding hydrogens is 303 g/mol. The monoisotopic (exact) mass is 330 g/mol. The quantitative estimate of drug-likeness (QED) is 0.784. The van der Waals surface area contributed by atoms with Gasteiger partial charge in [-0.2, -0.15) is 0 Å². The van der Waals surface area contributed by atoms with Crippen LogP contribution in [0.15, 0.2) is 60.7 Å². The maximum absolute atomic E-state index is 12.5. The van der Waals surface area contributed by atoms with Gasteiger partial charge in [-0.15, -0.1) is 0 Å². The van der Waals surface area contributed by atoms with Gasteiger partial charge in [0.2, 0.25) is 0 Å². The van der Waals surface area contributed by atoms with Gasteiger partial charge in [0, 0.05) is 0 Å². The van der Waals surface area contributed by atoms with Crippen LogP contribution in [-0.4, -0.2) is 17.3 Å². The number of ether oxygens (including phenoxy) is 1. The van der Waals surface area contributed by atoms with Crippen molar-refractivity contribution in [2.45, 2.75) is 46.5 Å². The zero-order chi connectivity index (χ0) is 18.1. The third-order valence-corrected chi connectivity index (χ3v) is 3.62. The summed E-state index contributed by atoms with van der Waals surface area (Å²) in [6.45, 7) is 11.6. The number of hydrogen-bond donors (Lipinski definition) is 1. The van der Waals surface area contributed by atoms with Gasteiger partial charge in [-0.1, -0.05) is 54.6 Å². The molecule has 0 saturated heterocycles. The van der Waals surface area contributed by atoms with Crippen LogP contribution in [0.1, 0.15) is 30.5 Å². The Morgan fingerprint density at radius 2 is 1.79 bits per heavy atom. The Morgan fingerprint density at radius 3 is 2.29 bits per heavy atom. The minimum atomic E-state index is -0.589. The molecule has 2 rings (SSSR count). The summed E-state index contributed by atoms with van der Waals surface area (Å²) in [6, 6.07) is 15.0. The second-order valence-electron chi connectivity index (χ2n) is 6.05. The van der Waals surface area contributed by atoms with Crippen molar-refractivity contribution in [1.82, 2.24) is 0 Å². The van der Waals surface area contributed by atoms with Crippen molar-refractivity contribution in [3.63, 3.8) is 0 Å².